The first-order valence-electron chi connectivity index (χ1n) is 9.04. The third-order valence-corrected chi connectivity index (χ3v) is 3.82. The lowest BCUT2D eigenvalue weighted by Gasteiger charge is -2.11. The molecule has 0 heterocycles. The number of carbonyl (C=O) groups is 2. The van der Waals surface area contributed by atoms with Crippen LogP contribution in [0, 0.1) is 0 Å². The van der Waals surface area contributed by atoms with Crippen molar-refractivity contribution in [1.82, 2.24) is 10.6 Å². The van der Waals surface area contributed by atoms with E-state index < -0.39 is 36.4 Å². The first-order valence-corrected chi connectivity index (χ1v) is 9.48. The van der Waals surface area contributed by atoms with Crippen LogP contribution < -0.4 is 15.4 Å². The first kappa shape index (κ1) is 26.8. The standard InChI is InChI=1S/C21H21ClF4N2O4/c1-3-17(10-16(23)11-22)31-13-19(29)27-8-7-14(2)20(30)28-12-15-5-4-6-18(9-15)32-21(24,25)26/h3-6,9-11H,1-2,7-8,12-13H2,(H,27,29)(H,28,30)/b16-11-,17-10+. The molecule has 0 fully saturated rings. The minimum Gasteiger partial charge on any atom is -0.484 e. The largest absolute Gasteiger partial charge is 0.573 e. The van der Waals surface area contributed by atoms with E-state index in [-0.39, 0.29) is 30.8 Å². The molecule has 0 aliphatic rings. The van der Waals surface area contributed by atoms with Gasteiger partial charge >= 0.3 is 6.36 Å². The van der Waals surface area contributed by atoms with Crippen LogP contribution in [0.4, 0.5) is 17.6 Å². The summed E-state index contributed by atoms with van der Waals surface area (Å²) in [5, 5.41) is 5.01. The first-order chi connectivity index (χ1) is 15.0. The molecular formula is C21H21ClF4N2O4. The summed E-state index contributed by atoms with van der Waals surface area (Å²) in [6.45, 7) is 6.64. The molecular weight excluding hydrogens is 456 g/mol. The van der Waals surface area contributed by atoms with Gasteiger partial charge in [0.2, 0.25) is 5.91 Å². The molecule has 0 radical (unpaired) electrons. The summed E-state index contributed by atoms with van der Waals surface area (Å²) >= 11 is 5.19. The molecule has 32 heavy (non-hydrogen) atoms. The zero-order valence-electron chi connectivity index (χ0n) is 16.8. The quantitative estimate of drug-likeness (QED) is 0.203. The summed E-state index contributed by atoms with van der Waals surface area (Å²) < 4.78 is 58.7. The van der Waals surface area contributed by atoms with Gasteiger partial charge in [0.05, 0.1) is 0 Å². The van der Waals surface area contributed by atoms with Crippen LogP contribution in [0.3, 0.4) is 0 Å². The van der Waals surface area contributed by atoms with Crippen molar-refractivity contribution in [3.05, 3.63) is 77.8 Å². The van der Waals surface area contributed by atoms with E-state index in [0.717, 1.165) is 18.2 Å². The predicted octanol–water partition coefficient (Wildman–Crippen LogP) is 4.40. The third kappa shape index (κ3) is 11.2. The van der Waals surface area contributed by atoms with Crippen LogP contribution in [0.5, 0.6) is 5.75 Å². The molecule has 11 heteroatoms. The highest BCUT2D eigenvalue weighted by atomic mass is 35.5. The van der Waals surface area contributed by atoms with Gasteiger partial charge in [-0.1, -0.05) is 36.9 Å². The van der Waals surface area contributed by atoms with Gasteiger partial charge in [-0.15, -0.1) is 13.2 Å². The Morgan fingerprint density at radius 3 is 2.56 bits per heavy atom. The van der Waals surface area contributed by atoms with Gasteiger partial charge in [-0.05, 0) is 30.2 Å². The summed E-state index contributed by atoms with van der Waals surface area (Å²) in [6, 6.07) is 5.18. The van der Waals surface area contributed by atoms with Gasteiger partial charge in [0.1, 0.15) is 17.3 Å². The molecule has 0 spiro atoms. The number of halogens is 5. The molecule has 1 aromatic rings. The molecule has 2 N–H and O–H groups in total. The normalized spacial score (nSPS) is 12.0. The molecule has 0 aliphatic carbocycles. The van der Waals surface area contributed by atoms with Crippen molar-refractivity contribution in [1.29, 1.82) is 0 Å². The van der Waals surface area contributed by atoms with E-state index in [1.54, 1.807) is 0 Å². The molecule has 2 amide bonds. The van der Waals surface area contributed by atoms with Crippen molar-refractivity contribution < 1.29 is 36.6 Å². The third-order valence-electron chi connectivity index (χ3n) is 3.61. The summed E-state index contributed by atoms with van der Waals surface area (Å²) in [6.07, 6.45) is -2.55. The summed E-state index contributed by atoms with van der Waals surface area (Å²) in [4.78, 5) is 23.8. The van der Waals surface area contributed by atoms with Gasteiger partial charge in [0.15, 0.2) is 6.61 Å². The molecule has 6 nitrogen and oxygen atoms in total. The number of hydrogen-bond donors (Lipinski definition) is 2. The van der Waals surface area contributed by atoms with E-state index in [0.29, 0.717) is 11.1 Å². The van der Waals surface area contributed by atoms with E-state index in [4.69, 9.17) is 16.3 Å². The lowest BCUT2D eigenvalue weighted by atomic mass is 10.1. The van der Waals surface area contributed by atoms with Crippen LogP contribution >= 0.6 is 11.6 Å². The Morgan fingerprint density at radius 1 is 1.22 bits per heavy atom. The highest BCUT2D eigenvalue weighted by Gasteiger charge is 2.31. The number of benzene rings is 1. The van der Waals surface area contributed by atoms with Crippen molar-refractivity contribution in [3.8, 4) is 5.75 Å². The average molecular weight is 477 g/mol. The average Bonchev–Trinajstić information content (AvgIpc) is 2.73. The molecule has 0 unspecified atom stereocenters. The monoisotopic (exact) mass is 476 g/mol. The molecule has 0 atom stereocenters. The Bertz CT molecular complexity index is 898. The number of amides is 2. The lowest BCUT2D eigenvalue weighted by Crippen LogP contribution is -2.30. The highest BCUT2D eigenvalue weighted by molar-refractivity contribution is 6.25. The fourth-order valence-corrected chi connectivity index (χ4v) is 2.22. The summed E-state index contributed by atoms with van der Waals surface area (Å²) in [7, 11) is 0. The van der Waals surface area contributed by atoms with Gasteiger partial charge < -0.3 is 20.1 Å². The van der Waals surface area contributed by atoms with Gasteiger partial charge in [-0.2, -0.15) is 0 Å². The lowest BCUT2D eigenvalue weighted by molar-refractivity contribution is -0.274. The van der Waals surface area contributed by atoms with Crippen LogP contribution in [-0.4, -0.2) is 31.3 Å². The summed E-state index contributed by atoms with van der Waals surface area (Å²) in [5.74, 6) is -2.23. The Morgan fingerprint density at radius 2 is 1.94 bits per heavy atom. The fourth-order valence-electron chi connectivity index (χ4n) is 2.15. The number of carbonyl (C=O) groups excluding carboxylic acids is 2. The maximum atomic E-state index is 13.0. The number of ether oxygens (including phenoxy) is 2. The molecule has 174 valence electrons. The molecule has 0 aliphatic heterocycles. The van der Waals surface area contributed by atoms with Crippen molar-refractivity contribution in [2.24, 2.45) is 0 Å². The van der Waals surface area contributed by atoms with E-state index >= 15 is 0 Å². The molecule has 1 rings (SSSR count). The van der Waals surface area contributed by atoms with Gasteiger partial charge in [-0.25, -0.2) is 4.39 Å². The zero-order valence-corrected chi connectivity index (χ0v) is 17.6. The van der Waals surface area contributed by atoms with E-state index in [2.05, 4.69) is 28.5 Å². The van der Waals surface area contributed by atoms with Crippen molar-refractivity contribution in [2.75, 3.05) is 13.2 Å². The van der Waals surface area contributed by atoms with E-state index in [1.807, 2.05) is 0 Å². The number of nitrogens with one attached hydrogen (secondary N) is 2. The van der Waals surface area contributed by atoms with Crippen LogP contribution in [0.1, 0.15) is 12.0 Å². The van der Waals surface area contributed by atoms with E-state index in [9.17, 15) is 27.2 Å². The molecule has 1 aromatic carbocycles. The fraction of sp³-hybridized carbons (Fsp3) is 0.238. The van der Waals surface area contributed by atoms with Crippen LogP contribution in [0.25, 0.3) is 0 Å². The van der Waals surface area contributed by atoms with Gasteiger partial charge in [0.25, 0.3) is 5.91 Å². The zero-order chi connectivity index (χ0) is 24.1. The Kier molecular flexibility index (Phi) is 11.0. The molecule has 0 saturated heterocycles. The van der Waals surface area contributed by atoms with Crippen LogP contribution in [0.2, 0.25) is 0 Å². The number of rotatable bonds is 12. The van der Waals surface area contributed by atoms with Crippen LogP contribution in [-0.2, 0) is 20.9 Å². The second-order valence-electron chi connectivity index (χ2n) is 6.11. The maximum Gasteiger partial charge on any atom is 0.573 e. The predicted molar refractivity (Wildman–Crippen MR) is 111 cm³/mol. The SMILES string of the molecule is C=C/C(=C\C(F)=C\Cl)OCC(=O)NCCC(=C)C(=O)NCc1cccc(OC(F)(F)F)c1. The Balaban J connectivity index is 2.38. The topological polar surface area (TPSA) is 76.7 Å². The second kappa shape index (κ2) is 13.2. The number of allylic oxidation sites excluding steroid dienone is 3. The summed E-state index contributed by atoms with van der Waals surface area (Å²) in [5.41, 5.74) is 1.23. The van der Waals surface area contributed by atoms with Crippen molar-refractivity contribution in [2.45, 2.75) is 19.3 Å². The molecule has 0 bridgehead atoms. The second-order valence-corrected chi connectivity index (χ2v) is 6.33. The smallest absolute Gasteiger partial charge is 0.484 e. The Labute approximate surface area is 187 Å². The van der Waals surface area contributed by atoms with E-state index in [1.165, 1.54) is 18.2 Å². The van der Waals surface area contributed by atoms with Gasteiger partial charge in [0, 0.05) is 30.3 Å². The minimum atomic E-state index is -4.81. The highest BCUT2D eigenvalue weighted by Crippen LogP contribution is 2.23. The molecule has 0 saturated carbocycles. The van der Waals surface area contributed by atoms with Crippen LogP contribution in [0.15, 0.2) is 72.3 Å². The maximum absolute atomic E-state index is 13.0. The Hall–Kier alpha value is -3.27. The van der Waals surface area contributed by atoms with Gasteiger partial charge in [-0.3, -0.25) is 9.59 Å². The minimum absolute atomic E-state index is 0.00282. The molecule has 0 aromatic heterocycles. The number of alkyl halides is 3. The number of hydrogen-bond acceptors (Lipinski definition) is 4. The van der Waals surface area contributed by atoms with Crippen molar-refractivity contribution >= 4 is 23.4 Å². The van der Waals surface area contributed by atoms with Crippen molar-refractivity contribution in [3.63, 3.8) is 0 Å².